The third-order valence-corrected chi connectivity index (χ3v) is 6.01. The van der Waals surface area contributed by atoms with E-state index in [-0.39, 0.29) is 6.04 Å². The average Bonchev–Trinajstić information content (AvgIpc) is 2.99. The minimum atomic E-state index is 0.254. The molecule has 0 aliphatic heterocycles. The molecule has 0 radical (unpaired) electrons. The van der Waals surface area contributed by atoms with Crippen LogP contribution in [0.2, 0.25) is 0 Å². The van der Waals surface area contributed by atoms with Crippen molar-refractivity contribution in [2.24, 2.45) is 12.0 Å². The van der Waals surface area contributed by atoms with Crippen LogP contribution in [0.25, 0.3) is 0 Å². The van der Waals surface area contributed by atoms with E-state index in [4.69, 9.17) is 4.74 Å². The Kier molecular flexibility index (Phi) is 7.77. The van der Waals surface area contributed by atoms with E-state index >= 15 is 0 Å². The number of nitrogens with one attached hydrogen (secondary N) is 2. The van der Waals surface area contributed by atoms with Crippen LogP contribution in [0.1, 0.15) is 61.5 Å². The maximum atomic E-state index is 6.12. The Morgan fingerprint density at radius 3 is 2.50 bits per heavy atom. The van der Waals surface area contributed by atoms with Crippen LogP contribution in [0.4, 0.5) is 0 Å². The van der Waals surface area contributed by atoms with Gasteiger partial charge < -0.3 is 15.4 Å². The van der Waals surface area contributed by atoms with Gasteiger partial charge in [0.05, 0.1) is 11.8 Å². The normalized spacial score (nSPS) is 16.4. The highest BCUT2D eigenvalue weighted by Gasteiger charge is 2.15. The van der Waals surface area contributed by atoms with Crippen molar-refractivity contribution < 1.29 is 4.74 Å². The van der Waals surface area contributed by atoms with Crippen LogP contribution in [0, 0.1) is 13.8 Å². The lowest BCUT2D eigenvalue weighted by molar-refractivity contribution is 0.155. The molecule has 2 aromatic rings. The first-order valence-electron chi connectivity index (χ1n) is 11.2. The molecule has 1 atom stereocenters. The van der Waals surface area contributed by atoms with E-state index in [1.165, 1.54) is 48.9 Å². The highest BCUT2D eigenvalue weighted by atomic mass is 16.5. The summed E-state index contributed by atoms with van der Waals surface area (Å²) < 4.78 is 8.07. The topological polar surface area (TPSA) is 63.5 Å². The molecular weight excluding hydrogens is 374 g/mol. The predicted octanol–water partition coefficient (Wildman–Crippen LogP) is 4.04. The van der Waals surface area contributed by atoms with Gasteiger partial charge in [0.25, 0.3) is 0 Å². The quantitative estimate of drug-likeness (QED) is 0.533. The van der Waals surface area contributed by atoms with Crippen LogP contribution >= 0.6 is 0 Å². The summed E-state index contributed by atoms with van der Waals surface area (Å²) in [7, 11) is 3.81. The maximum absolute atomic E-state index is 6.12. The van der Waals surface area contributed by atoms with E-state index in [1.54, 1.807) is 0 Å². The molecule has 1 aliphatic rings. The van der Waals surface area contributed by atoms with Crippen molar-refractivity contribution in [3.63, 3.8) is 0 Å². The minimum absolute atomic E-state index is 0.254. The van der Waals surface area contributed by atoms with Crippen molar-refractivity contribution in [1.82, 2.24) is 20.4 Å². The van der Waals surface area contributed by atoms with Crippen molar-refractivity contribution >= 4 is 5.96 Å². The highest BCUT2D eigenvalue weighted by molar-refractivity contribution is 5.79. The number of hydrogen-bond acceptors (Lipinski definition) is 3. The standard InChI is InChI=1S/C24H37N5O/c1-17(15-23-18(2)28-29(5)19(23)3)27-24(25-4)26-16-20-11-13-22(14-12-20)30-21-9-7-6-8-10-21/h11-14,17,21H,6-10,15-16H2,1-5H3,(H2,25,26,27). The molecule has 6 nitrogen and oxygen atoms in total. The zero-order valence-corrected chi connectivity index (χ0v) is 19.2. The molecule has 1 aliphatic carbocycles. The van der Waals surface area contributed by atoms with Crippen LogP contribution in [-0.4, -0.2) is 34.9 Å². The second-order valence-corrected chi connectivity index (χ2v) is 8.47. The lowest BCUT2D eigenvalue weighted by Gasteiger charge is -2.23. The molecule has 1 fully saturated rings. The number of aryl methyl sites for hydroxylation is 2. The summed E-state index contributed by atoms with van der Waals surface area (Å²) in [6.45, 7) is 7.09. The van der Waals surface area contributed by atoms with Gasteiger partial charge in [0.2, 0.25) is 0 Å². The smallest absolute Gasteiger partial charge is 0.191 e. The second kappa shape index (κ2) is 10.5. The fourth-order valence-corrected chi connectivity index (χ4v) is 4.15. The van der Waals surface area contributed by atoms with Gasteiger partial charge in [0.15, 0.2) is 5.96 Å². The number of rotatable bonds is 7. The van der Waals surface area contributed by atoms with E-state index in [0.29, 0.717) is 6.10 Å². The number of ether oxygens (including phenoxy) is 1. The fraction of sp³-hybridized carbons (Fsp3) is 0.583. The zero-order valence-electron chi connectivity index (χ0n) is 19.2. The molecule has 6 heteroatoms. The fourth-order valence-electron chi connectivity index (χ4n) is 4.15. The SMILES string of the molecule is CN=C(NCc1ccc(OC2CCCCC2)cc1)NC(C)Cc1c(C)nn(C)c1C. The van der Waals surface area contributed by atoms with Crippen LogP contribution in [-0.2, 0) is 20.0 Å². The minimum Gasteiger partial charge on any atom is -0.490 e. The monoisotopic (exact) mass is 411 g/mol. The maximum Gasteiger partial charge on any atom is 0.191 e. The van der Waals surface area contributed by atoms with Gasteiger partial charge in [-0.3, -0.25) is 9.67 Å². The van der Waals surface area contributed by atoms with E-state index < -0.39 is 0 Å². The van der Waals surface area contributed by atoms with Gasteiger partial charge in [-0.05, 0) is 76.1 Å². The molecular formula is C24H37N5O. The Bertz CT molecular complexity index is 834. The number of guanidine groups is 1. The van der Waals surface area contributed by atoms with Crippen molar-refractivity contribution in [3.8, 4) is 5.75 Å². The van der Waals surface area contributed by atoms with Crippen molar-refractivity contribution in [2.75, 3.05) is 7.05 Å². The molecule has 1 aromatic carbocycles. The number of hydrogen-bond donors (Lipinski definition) is 2. The molecule has 0 amide bonds. The predicted molar refractivity (Wildman–Crippen MR) is 123 cm³/mol. The summed E-state index contributed by atoms with van der Waals surface area (Å²) in [5.74, 6) is 1.79. The van der Waals surface area contributed by atoms with Crippen molar-refractivity contribution in [2.45, 2.75) is 78.0 Å². The van der Waals surface area contributed by atoms with Gasteiger partial charge in [0, 0.05) is 32.4 Å². The van der Waals surface area contributed by atoms with E-state index in [2.05, 4.69) is 65.8 Å². The third-order valence-electron chi connectivity index (χ3n) is 6.01. The summed E-state index contributed by atoms with van der Waals surface area (Å²) in [4.78, 5) is 4.38. The number of benzene rings is 1. The molecule has 30 heavy (non-hydrogen) atoms. The molecule has 0 saturated heterocycles. The Hall–Kier alpha value is -2.50. The van der Waals surface area contributed by atoms with Crippen LogP contribution in [0.15, 0.2) is 29.3 Å². The highest BCUT2D eigenvalue weighted by Crippen LogP contribution is 2.23. The Labute approximate surface area is 181 Å². The van der Waals surface area contributed by atoms with Gasteiger partial charge in [-0.2, -0.15) is 5.10 Å². The summed E-state index contributed by atoms with van der Waals surface area (Å²) in [6.07, 6.45) is 7.59. The van der Waals surface area contributed by atoms with Gasteiger partial charge in [-0.25, -0.2) is 0 Å². The summed E-state index contributed by atoms with van der Waals surface area (Å²) in [6, 6.07) is 8.68. The lowest BCUT2D eigenvalue weighted by Crippen LogP contribution is -2.42. The summed E-state index contributed by atoms with van der Waals surface area (Å²) in [5, 5.41) is 11.4. The van der Waals surface area contributed by atoms with Gasteiger partial charge in [-0.15, -0.1) is 0 Å². The molecule has 0 spiro atoms. The molecule has 1 saturated carbocycles. The van der Waals surface area contributed by atoms with Crippen LogP contribution in [0.5, 0.6) is 5.75 Å². The van der Waals surface area contributed by atoms with Crippen molar-refractivity contribution in [1.29, 1.82) is 0 Å². The van der Waals surface area contributed by atoms with Crippen LogP contribution in [0.3, 0.4) is 0 Å². The zero-order chi connectivity index (χ0) is 21.5. The first-order chi connectivity index (χ1) is 14.5. The first kappa shape index (κ1) is 22.2. The first-order valence-corrected chi connectivity index (χ1v) is 11.2. The number of nitrogens with zero attached hydrogens (tertiary/aromatic N) is 3. The van der Waals surface area contributed by atoms with E-state index in [9.17, 15) is 0 Å². The number of aliphatic imine (C=N–C) groups is 1. The van der Waals surface area contributed by atoms with Crippen LogP contribution < -0.4 is 15.4 Å². The molecule has 1 unspecified atom stereocenters. The van der Waals surface area contributed by atoms with Gasteiger partial charge in [0.1, 0.15) is 5.75 Å². The molecule has 164 valence electrons. The largest absolute Gasteiger partial charge is 0.490 e. The summed E-state index contributed by atoms with van der Waals surface area (Å²) >= 11 is 0. The van der Waals surface area contributed by atoms with E-state index in [1.807, 2.05) is 18.8 Å². The Balaban J connectivity index is 1.47. The number of aromatic nitrogens is 2. The van der Waals surface area contributed by atoms with E-state index in [0.717, 1.165) is 30.4 Å². The molecule has 0 bridgehead atoms. The average molecular weight is 412 g/mol. The van der Waals surface area contributed by atoms with Gasteiger partial charge >= 0.3 is 0 Å². The van der Waals surface area contributed by atoms with Gasteiger partial charge in [-0.1, -0.05) is 18.6 Å². The molecule has 3 rings (SSSR count). The second-order valence-electron chi connectivity index (χ2n) is 8.47. The summed E-state index contributed by atoms with van der Waals surface area (Å²) in [5.41, 5.74) is 4.84. The molecule has 1 heterocycles. The lowest BCUT2D eigenvalue weighted by atomic mass is 9.98. The Morgan fingerprint density at radius 2 is 1.90 bits per heavy atom. The molecule has 2 N–H and O–H groups in total. The Morgan fingerprint density at radius 1 is 1.20 bits per heavy atom. The molecule has 1 aromatic heterocycles. The van der Waals surface area contributed by atoms with Crippen molar-refractivity contribution in [3.05, 3.63) is 46.8 Å². The third kappa shape index (κ3) is 6.00.